The van der Waals surface area contributed by atoms with Gasteiger partial charge in [0.15, 0.2) is 0 Å². The van der Waals surface area contributed by atoms with Gasteiger partial charge in [0.2, 0.25) is 0 Å². The van der Waals surface area contributed by atoms with Crippen LogP contribution in [0.3, 0.4) is 0 Å². The van der Waals surface area contributed by atoms with E-state index in [2.05, 4.69) is 28.5 Å². The Morgan fingerprint density at radius 2 is 2.11 bits per heavy atom. The van der Waals surface area contributed by atoms with Crippen molar-refractivity contribution in [2.45, 2.75) is 6.42 Å². The van der Waals surface area contributed by atoms with Gasteiger partial charge in [0.25, 0.3) is 0 Å². The monoisotopic (exact) mass is 270 g/mol. The molecule has 0 radical (unpaired) electrons. The molecule has 0 saturated carbocycles. The third-order valence-electron chi connectivity index (χ3n) is 3.42. The molecule has 1 aliphatic heterocycles. The van der Waals surface area contributed by atoms with Gasteiger partial charge in [0.05, 0.1) is 10.2 Å². The molecule has 0 fully saturated rings. The standard InChI is InChI=1S/C15H11FN2S/c16-11-3-4-12-14(8-11)19-15(18-12)10-2-1-9-5-6-17-13(9)7-10/h1-4,7-8,17H,5-6H2. The lowest BCUT2D eigenvalue weighted by Gasteiger charge is -2.01. The van der Waals surface area contributed by atoms with Gasteiger partial charge in [0.1, 0.15) is 10.8 Å². The van der Waals surface area contributed by atoms with Crippen molar-refractivity contribution in [3.05, 3.63) is 47.8 Å². The Morgan fingerprint density at radius 1 is 1.16 bits per heavy atom. The molecule has 0 amide bonds. The van der Waals surface area contributed by atoms with E-state index >= 15 is 0 Å². The highest BCUT2D eigenvalue weighted by Crippen LogP contribution is 2.34. The van der Waals surface area contributed by atoms with Crippen molar-refractivity contribution in [1.29, 1.82) is 0 Å². The highest BCUT2D eigenvalue weighted by molar-refractivity contribution is 7.21. The zero-order valence-electron chi connectivity index (χ0n) is 10.1. The Labute approximate surface area is 113 Å². The van der Waals surface area contributed by atoms with Crippen molar-refractivity contribution >= 4 is 27.2 Å². The average molecular weight is 270 g/mol. The average Bonchev–Trinajstić information content (AvgIpc) is 3.02. The van der Waals surface area contributed by atoms with Gasteiger partial charge >= 0.3 is 0 Å². The van der Waals surface area contributed by atoms with Crippen LogP contribution in [0.25, 0.3) is 20.8 Å². The Morgan fingerprint density at radius 3 is 3.05 bits per heavy atom. The third-order valence-corrected chi connectivity index (χ3v) is 4.48. The zero-order valence-corrected chi connectivity index (χ0v) is 10.9. The maximum absolute atomic E-state index is 13.2. The molecule has 1 aromatic heterocycles. The number of benzene rings is 2. The molecule has 4 heteroatoms. The van der Waals surface area contributed by atoms with Crippen molar-refractivity contribution in [1.82, 2.24) is 4.98 Å². The minimum absolute atomic E-state index is 0.210. The topological polar surface area (TPSA) is 24.9 Å². The van der Waals surface area contributed by atoms with Gasteiger partial charge < -0.3 is 5.32 Å². The fraction of sp³-hybridized carbons (Fsp3) is 0.133. The Balaban J connectivity index is 1.85. The minimum atomic E-state index is -0.210. The van der Waals surface area contributed by atoms with Crippen molar-refractivity contribution in [3.63, 3.8) is 0 Å². The summed E-state index contributed by atoms with van der Waals surface area (Å²) in [5, 5.41) is 4.31. The van der Waals surface area contributed by atoms with E-state index in [1.807, 2.05) is 0 Å². The van der Waals surface area contributed by atoms with Gasteiger partial charge in [-0.1, -0.05) is 12.1 Å². The molecule has 94 valence electrons. The smallest absolute Gasteiger partial charge is 0.124 e. The van der Waals surface area contributed by atoms with Crippen molar-refractivity contribution < 1.29 is 4.39 Å². The summed E-state index contributed by atoms with van der Waals surface area (Å²) in [6, 6.07) is 11.1. The Kier molecular flexibility index (Phi) is 2.32. The number of thiazole rings is 1. The van der Waals surface area contributed by atoms with Crippen LogP contribution in [0.2, 0.25) is 0 Å². The van der Waals surface area contributed by atoms with Crippen LogP contribution in [0.4, 0.5) is 10.1 Å². The number of rotatable bonds is 1. The zero-order chi connectivity index (χ0) is 12.8. The number of aromatic nitrogens is 1. The highest BCUT2D eigenvalue weighted by Gasteiger charge is 2.13. The number of halogens is 1. The first kappa shape index (κ1) is 10.9. The van der Waals surface area contributed by atoms with Crippen molar-refractivity contribution in [3.8, 4) is 10.6 Å². The largest absolute Gasteiger partial charge is 0.384 e. The number of fused-ring (bicyclic) bond motifs is 2. The quantitative estimate of drug-likeness (QED) is 0.721. The normalized spacial score (nSPS) is 13.5. The van der Waals surface area contributed by atoms with Crippen LogP contribution < -0.4 is 5.32 Å². The molecule has 0 unspecified atom stereocenters. The lowest BCUT2D eigenvalue weighted by molar-refractivity contribution is 0.630. The highest BCUT2D eigenvalue weighted by atomic mass is 32.1. The first-order chi connectivity index (χ1) is 9.29. The lowest BCUT2D eigenvalue weighted by Crippen LogP contribution is -1.90. The van der Waals surface area contributed by atoms with Crippen molar-refractivity contribution in [2.24, 2.45) is 0 Å². The van der Waals surface area contributed by atoms with Crippen LogP contribution in [-0.4, -0.2) is 11.5 Å². The number of nitrogens with one attached hydrogen (secondary N) is 1. The van der Waals surface area contributed by atoms with E-state index in [1.165, 1.54) is 28.7 Å². The molecule has 1 N–H and O–H groups in total. The number of nitrogens with zero attached hydrogens (tertiary/aromatic N) is 1. The fourth-order valence-electron chi connectivity index (χ4n) is 2.45. The van der Waals surface area contributed by atoms with E-state index in [4.69, 9.17) is 0 Å². The van der Waals surface area contributed by atoms with E-state index in [1.54, 1.807) is 12.1 Å². The van der Waals surface area contributed by atoms with Crippen LogP contribution in [0, 0.1) is 5.82 Å². The van der Waals surface area contributed by atoms with E-state index in [9.17, 15) is 4.39 Å². The summed E-state index contributed by atoms with van der Waals surface area (Å²) in [5.74, 6) is -0.210. The second-order valence-electron chi connectivity index (χ2n) is 4.68. The van der Waals surface area contributed by atoms with Crippen LogP contribution in [0.1, 0.15) is 5.56 Å². The molecule has 0 bridgehead atoms. The number of anilines is 1. The second kappa shape index (κ2) is 4.03. The van der Waals surface area contributed by atoms with Gasteiger partial charge in [0, 0.05) is 17.8 Å². The molecular weight excluding hydrogens is 259 g/mol. The van der Waals surface area contributed by atoms with Gasteiger partial charge in [-0.25, -0.2) is 9.37 Å². The van der Waals surface area contributed by atoms with Crippen LogP contribution in [-0.2, 0) is 6.42 Å². The molecule has 0 atom stereocenters. The summed E-state index contributed by atoms with van der Waals surface area (Å²) in [5.41, 5.74) is 4.50. The number of hydrogen-bond donors (Lipinski definition) is 1. The molecule has 2 aromatic carbocycles. The predicted octanol–water partition coefficient (Wildman–Crippen LogP) is 4.07. The SMILES string of the molecule is Fc1ccc2nc(-c3ccc4c(c3)NCC4)sc2c1. The minimum Gasteiger partial charge on any atom is -0.384 e. The molecule has 3 aromatic rings. The fourth-order valence-corrected chi connectivity index (χ4v) is 3.43. The molecule has 0 spiro atoms. The summed E-state index contributed by atoms with van der Waals surface area (Å²) in [6.07, 6.45) is 1.08. The van der Waals surface area contributed by atoms with Crippen LogP contribution in [0.15, 0.2) is 36.4 Å². The number of hydrogen-bond acceptors (Lipinski definition) is 3. The summed E-state index contributed by atoms with van der Waals surface area (Å²) in [6.45, 7) is 1.00. The van der Waals surface area contributed by atoms with Crippen LogP contribution in [0.5, 0.6) is 0 Å². The molecular formula is C15H11FN2S. The Bertz CT molecular complexity index is 779. The summed E-state index contributed by atoms with van der Waals surface area (Å²) >= 11 is 1.53. The maximum atomic E-state index is 13.2. The van der Waals surface area contributed by atoms with Gasteiger partial charge in [-0.05, 0) is 36.2 Å². The van der Waals surface area contributed by atoms with Gasteiger partial charge in [-0.2, -0.15) is 0 Å². The van der Waals surface area contributed by atoms with E-state index in [-0.39, 0.29) is 5.82 Å². The summed E-state index contributed by atoms with van der Waals surface area (Å²) in [4.78, 5) is 4.57. The first-order valence-electron chi connectivity index (χ1n) is 6.23. The van der Waals surface area contributed by atoms with E-state index in [0.29, 0.717) is 0 Å². The third kappa shape index (κ3) is 1.79. The van der Waals surface area contributed by atoms with E-state index < -0.39 is 0 Å². The lowest BCUT2D eigenvalue weighted by atomic mass is 10.1. The first-order valence-corrected chi connectivity index (χ1v) is 7.04. The molecule has 2 heterocycles. The molecule has 0 saturated heterocycles. The summed E-state index contributed by atoms with van der Waals surface area (Å²) < 4.78 is 14.1. The second-order valence-corrected chi connectivity index (χ2v) is 5.71. The van der Waals surface area contributed by atoms with Gasteiger partial charge in [-0.15, -0.1) is 11.3 Å². The molecule has 0 aliphatic carbocycles. The van der Waals surface area contributed by atoms with Crippen molar-refractivity contribution in [2.75, 3.05) is 11.9 Å². The van der Waals surface area contributed by atoms with Gasteiger partial charge in [-0.3, -0.25) is 0 Å². The molecule has 4 rings (SSSR count). The summed E-state index contributed by atoms with van der Waals surface area (Å²) in [7, 11) is 0. The van der Waals surface area contributed by atoms with E-state index in [0.717, 1.165) is 33.8 Å². The maximum Gasteiger partial charge on any atom is 0.124 e. The van der Waals surface area contributed by atoms with Crippen LogP contribution >= 0.6 is 11.3 Å². The Hall–Kier alpha value is -1.94. The predicted molar refractivity (Wildman–Crippen MR) is 77.2 cm³/mol. The molecule has 2 nitrogen and oxygen atoms in total. The molecule has 1 aliphatic rings. The molecule has 19 heavy (non-hydrogen) atoms.